The molecule has 0 bridgehead atoms. The quantitative estimate of drug-likeness (QED) is 0.762. The van der Waals surface area contributed by atoms with Crippen molar-refractivity contribution in [3.05, 3.63) is 17.8 Å². The molecule has 0 radical (unpaired) electrons. The van der Waals surface area contributed by atoms with Crippen molar-refractivity contribution < 1.29 is 4.39 Å². The number of anilines is 1. The fourth-order valence-corrected chi connectivity index (χ4v) is 0.917. The first-order chi connectivity index (χ1) is 6.46. The lowest BCUT2D eigenvalue weighted by Gasteiger charge is -2.25. The lowest BCUT2D eigenvalue weighted by atomic mass is 10.1. The van der Waals surface area contributed by atoms with Gasteiger partial charge < -0.3 is 11.1 Å². The Kier molecular flexibility index (Phi) is 3.00. The number of hydrogen-bond acceptors (Lipinski definition) is 4. The highest BCUT2D eigenvalue weighted by Crippen LogP contribution is 2.16. The molecule has 14 heavy (non-hydrogen) atoms. The Hall–Kier alpha value is -1.23. The molecule has 4 nitrogen and oxygen atoms in total. The smallest absolute Gasteiger partial charge is 0.186 e. The van der Waals surface area contributed by atoms with Crippen LogP contribution in [-0.4, -0.2) is 22.1 Å². The zero-order valence-corrected chi connectivity index (χ0v) is 8.63. The number of hydrogen-bond donors (Lipinski definition) is 2. The van der Waals surface area contributed by atoms with Crippen LogP contribution >= 0.6 is 0 Å². The topological polar surface area (TPSA) is 63.8 Å². The van der Waals surface area contributed by atoms with Crippen LogP contribution in [0.3, 0.4) is 0 Å². The van der Waals surface area contributed by atoms with E-state index < -0.39 is 5.82 Å². The fourth-order valence-electron chi connectivity index (χ4n) is 0.917. The Morgan fingerprint density at radius 2 is 2.14 bits per heavy atom. The van der Waals surface area contributed by atoms with E-state index in [2.05, 4.69) is 15.3 Å². The Balaban J connectivity index is 2.92. The summed E-state index contributed by atoms with van der Waals surface area (Å²) in [4.78, 5) is 7.56. The van der Waals surface area contributed by atoms with E-state index in [9.17, 15) is 4.39 Å². The maximum Gasteiger partial charge on any atom is 0.186 e. The van der Waals surface area contributed by atoms with Gasteiger partial charge in [0.05, 0.1) is 5.69 Å². The number of halogens is 1. The molecule has 0 amide bonds. The highest BCUT2D eigenvalue weighted by Gasteiger charge is 2.18. The summed E-state index contributed by atoms with van der Waals surface area (Å²) in [5.41, 5.74) is 5.47. The largest absolute Gasteiger partial charge is 0.361 e. The van der Waals surface area contributed by atoms with Crippen molar-refractivity contribution in [2.45, 2.75) is 26.3 Å². The van der Waals surface area contributed by atoms with Gasteiger partial charge in [0.15, 0.2) is 11.6 Å². The van der Waals surface area contributed by atoms with Crippen LogP contribution in [0.2, 0.25) is 0 Å². The minimum atomic E-state index is -0.422. The van der Waals surface area contributed by atoms with Gasteiger partial charge >= 0.3 is 0 Å². The molecular weight excluding hydrogens is 183 g/mol. The molecule has 0 aromatic carbocycles. The zero-order chi connectivity index (χ0) is 10.8. The summed E-state index contributed by atoms with van der Waals surface area (Å²) in [6, 6.07) is 0. The summed E-state index contributed by atoms with van der Waals surface area (Å²) >= 11 is 0. The van der Waals surface area contributed by atoms with Crippen molar-refractivity contribution in [2.75, 3.05) is 11.9 Å². The lowest BCUT2D eigenvalue weighted by molar-refractivity contribution is 0.553. The molecule has 0 aliphatic rings. The number of nitrogens with two attached hydrogens (primary N) is 1. The lowest BCUT2D eigenvalue weighted by Crippen LogP contribution is -2.39. The molecular formula is C9H15FN4. The van der Waals surface area contributed by atoms with E-state index in [0.717, 1.165) is 0 Å². The number of nitrogens with one attached hydrogen (secondary N) is 1. The second-order valence-electron chi connectivity index (χ2n) is 3.83. The molecule has 0 spiro atoms. The van der Waals surface area contributed by atoms with Gasteiger partial charge in [-0.15, -0.1) is 0 Å². The average Bonchev–Trinajstić information content (AvgIpc) is 2.13. The van der Waals surface area contributed by atoms with Crippen molar-refractivity contribution in [3.63, 3.8) is 0 Å². The molecule has 3 N–H and O–H groups in total. The summed E-state index contributed by atoms with van der Waals surface area (Å²) in [6.45, 7) is 5.75. The first-order valence-corrected chi connectivity index (χ1v) is 4.41. The van der Waals surface area contributed by atoms with E-state index in [0.29, 0.717) is 12.2 Å². The van der Waals surface area contributed by atoms with Gasteiger partial charge in [0, 0.05) is 12.1 Å². The van der Waals surface area contributed by atoms with Gasteiger partial charge in [-0.2, -0.15) is 0 Å². The number of nitrogens with zero attached hydrogens (tertiary/aromatic N) is 2. The summed E-state index contributed by atoms with van der Waals surface area (Å²) in [7, 11) is 0. The summed E-state index contributed by atoms with van der Waals surface area (Å²) in [5, 5.41) is 2.93. The molecule has 0 atom stereocenters. The molecule has 1 heterocycles. The molecule has 0 aliphatic heterocycles. The molecule has 78 valence electrons. The fraction of sp³-hybridized carbons (Fsp3) is 0.556. The van der Waals surface area contributed by atoms with Gasteiger partial charge in [-0.25, -0.2) is 14.4 Å². The minimum absolute atomic E-state index is 0.202. The number of rotatable bonds is 3. The van der Waals surface area contributed by atoms with Crippen LogP contribution in [0.25, 0.3) is 0 Å². The molecule has 1 rings (SSSR count). The highest BCUT2D eigenvalue weighted by molar-refractivity contribution is 5.39. The van der Waals surface area contributed by atoms with E-state index in [1.807, 2.05) is 13.8 Å². The van der Waals surface area contributed by atoms with Crippen LogP contribution in [-0.2, 0) is 0 Å². The Morgan fingerprint density at radius 3 is 2.71 bits per heavy atom. The third kappa shape index (κ3) is 2.38. The number of aromatic nitrogens is 2. The molecule has 0 saturated carbocycles. The van der Waals surface area contributed by atoms with Gasteiger partial charge in [0.2, 0.25) is 0 Å². The van der Waals surface area contributed by atoms with Crippen molar-refractivity contribution >= 4 is 5.82 Å². The van der Waals surface area contributed by atoms with E-state index >= 15 is 0 Å². The van der Waals surface area contributed by atoms with Crippen molar-refractivity contribution in [1.29, 1.82) is 0 Å². The predicted octanol–water partition coefficient (Wildman–Crippen LogP) is 1.07. The van der Waals surface area contributed by atoms with E-state index in [1.165, 1.54) is 6.33 Å². The van der Waals surface area contributed by atoms with Gasteiger partial charge in [-0.05, 0) is 20.8 Å². The van der Waals surface area contributed by atoms with E-state index in [1.54, 1.807) is 6.92 Å². The third-order valence-electron chi connectivity index (χ3n) is 1.93. The Morgan fingerprint density at radius 1 is 1.50 bits per heavy atom. The van der Waals surface area contributed by atoms with Gasteiger partial charge in [-0.1, -0.05) is 0 Å². The Bertz CT molecular complexity index is 325. The van der Waals surface area contributed by atoms with Crippen LogP contribution in [0.4, 0.5) is 10.2 Å². The Labute approximate surface area is 82.8 Å². The van der Waals surface area contributed by atoms with Crippen LogP contribution in [0.5, 0.6) is 0 Å². The van der Waals surface area contributed by atoms with Crippen molar-refractivity contribution in [2.24, 2.45) is 5.73 Å². The second-order valence-corrected chi connectivity index (χ2v) is 3.83. The molecule has 0 saturated heterocycles. The minimum Gasteiger partial charge on any atom is -0.361 e. The standard InChI is InChI=1S/C9H15FN4/c1-6-7(10)8(13-5-12-6)14-9(2,3)4-11/h5H,4,11H2,1-3H3,(H,12,13,14). The summed E-state index contributed by atoms with van der Waals surface area (Å²) in [6.07, 6.45) is 1.33. The highest BCUT2D eigenvalue weighted by atomic mass is 19.1. The van der Waals surface area contributed by atoms with Crippen LogP contribution in [0.15, 0.2) is 6.33 Å². The van der Waals surface area contributed by atoms with E-state index in [4.69, 9.17) is 5.73 Å². The molecule has 5 heteroatoms. The van der Waals surface area contributed by atoms with Crippen molar-refractivity contribution in [1.82, 2.24) is 9.97 Å². The van der Waals surface area contributed by atoms with Crippen molar-refractivity contribution in [3.8, 4) is 0 Å². The van der Waals surface area contributed by atoms with Crippen LogP contribution in [0, 0.1) is 12.7 Å². The van der Waals surface area contributed by atoms with Gasteiger partial charge in [-0.3, -0.25) is 0 Å². The third-order valence-corrected chi connectivity index (χ3v) is 1.93. The first-order valence-electron chi connectivity index (χ1n) is 4.41. The zero-order valence-electron chi connectivity index (χ0n) is 8.63. The molecule has 1 aromatic heterocycles. The molecule has 1 aromatic rings. The summed E-state index contributed by atoms with van der Waals surface area (Å²) in [5.74, 6) is -0.220. The van der Waals surface area contributed by atoms with E-state index in [-0.39, 0.29) is 11.4 Å². The normalized spacial score (nSPS) is 11.5. The van der Waals surface area contributed by atoms with Gasteiger partial charge in [0.25, 0.3) is 0 Å². The van der Waals surface area contributed by atoms with Crippen LogP contribution in [0.1, 0.15) is 19.5 Å². The first kappa shape index (κ1) is 10.8. The monoisotopic (exact) mass is 198 g/mol. The maximum atomic E-state index is 13.4. The molecule has 0 aliphatic carbocycles. The SMILES string of the molecule is Cc1ncnc(NC(C)(C)CN)c1F. The van der Waals surface area contributed by atoms with Crippen LogP contribution < -0.4 is 11.1 Å². The molecule has 0 fully saturated rings. The second kappa shape index (κ2) is 3.88. The summed E-state index contributed by atoms with van der Waals surface area (Å²) < 4.78 is 13.4. The predicted molar refractivity (Wildman–Crippen MR) is 53.5 cm³/mol. The maximum absolute atomic E-state index is 13.4. The van der Waals surface area contributed by atoms with Gasteiger partial charge in [0.1, 0.15) is 6.33 Å². The average molecular weight is 198 g/mol. The molecule has 0 unspecified atom stereocenters. The number of aryl methyl sites for hydroxylation is 1.